The molecule has 2 saturated heterocycles. The lowest BCUT2D eigenvalue weighted by atomic mass is 9.92. The van der Waals surface area contributed by atoms with Crippen molar-refractivity contribution >= 4 is 5.91 Å². The maximum absolute atomic E-state index is 12.0. The Morgan fingerprint density at radius 3 is 2.35 bits per heavy atom. The molecule has 2 aliphatic heterocycles. The number of ether oxygens (including phenoxy) is 3. The molecule has 2 heterocycles. The first-order chi connectivity index (χ1) is 12.1. The third-order valence-electron chi connectivity index (χ3n) is 4.37. The van der Waals surface area contributed by atoms with Gasteiger partial charge in [0.05, 0.1) is 19.3 Å². The summed E-state index contributed by atoms with van der Waals surface area (Å²) < 4.78 is 15.6. The number of aliphatic hydroxyl groups is 6. The average molecular weight is 382 g/mol. The SMILES string of the molecule is CC(=O)N[C@]1(O)C([O])O[C@H](CO)[C@@H](O[C@H]2C[C@@H](O)[C@@H](O)[C@@H](CO)O2)[C@@H]1O. The van der Waals surface area contributed by atoms with E-state index in [1.807, 2.05) is 5.32 Å². The quantitative estimate of drug-likeness (QED) is 0.228. The fraction of sp³-hybridized carbons (Fsp3) is 0.929. The summed E-state index contributed by atoms with van der Waals surface area (Å²) in [6.45, 7) is -0.360. The molecule has 2 rings (SSSR count). The summed E-state index contributed by atoms with van der Waals surface area (Å²) in [4.78, 5) is 11.2. The van der Waals surface area contributed by atoms with E-state index in [9.17, 15) is 40.5 Å². The third-order valence-corrected chi connectivity index (χ3v) is 4.37. The summed E-state index contributed by atoms with van der Waals surface area (Å²) in [5, 5.41) is 72.7. The Hall–Kier alpha value is -0.930. The van der Waals surface area contributed by atoms with E-state index in [0.717, 1.165) is 6.92 Å². The first kappa shape index (κ1) is 21.4. The van der Waals surface area contributed by atoms with Gasteiger partial charge in [0.1, 0.15) is 30.5 Å². The van der Waals surface area contributed by atoms with Gasteiger partial charge in [-0.1, -0.05) is 0 Å². The fourth-order valence-corrected chi connectivity index (χ4v) is 2.99. The standard InChI is InChI=1S/C14H24NO11/c1-5(18)15-14(23)12(21)11(8(4-17)25-13(14)22)26-9-2-6(19)10(20)7(3-16)24-9/h6-13,16-17,19-21,23H,2-4H2,1H3,(H,15,18)/t6-,7-,8-,9+,10-,11-,12+,13?,14-/m1/s1. The van der Waals surface area contributed by atoms with E-state index in [-0.39, 0.29) is 6.42 Å². The van der Waals surface area contributed by atoms with Gasteiger partial charge in [0.15, 0.2) is 6.29 Å². The summed E-state index contributed by atoms with van der Waals surface area (Å²) in [6, 6.07) is 0. The van der Waals surface area contributed by atoms with Crippen molar-refractivity contribution in [1.29, 1.82) is 0 Å². The molecule has 1 unspecified atom stereocenters. The molecule has 9 atom stereocenters. The number of nitrogens with one attached hydrogen (secondary N) is 1. The average Bonchev–Trinajstić information content (AvgIpc) is 2.57. The summed E-state index contributed by atoms with van der Waals surface area (Å²) >= 11 is 0. The molecule has 7 N–H and O–H groups in total. The number of aliphatic hydroxyl groups excluding tert-OH is 5. The van der Waals surface area contributed by atoms with Crippen LogP contribution in [0.3, 0.4) is 0 Å². The van der Waals surface area contributed by atoms with Crippen molar-refractivity contribution in [2.24, 2.45) is 0 Å². The Kier molecular flexibility index (Phi) is 6.90. The first-order valence-electron chi connectivity index (χ1n) is 8.03. The molecular weight excluding hydrogens is 358 g/mol. The van der Waals surface area contributed by atoms with Crippen LogP contribution in [-0.4, -0.2) is 105 Å². The van der Waals surface area contributed by atoms with Crippen LogP contribution < -0.4 is 5.32 Å². The summed E-state index contributed by atoms with van der Waals surface area (Å²) in [5.41, 5.74) is -2.73. The molecule has 0 aliphatic carbocycles. The van der Waals surface area contributed by atoms with Crippen LogP contribution in [0, 0.1) is 0 Å². The van der Waals surface area contributed by atoms with E-state index >= 15 is 0 Å². The number of amides is 1. The van der Waals surface area contributed by atoms with E-state index in [1.165, 1.54) is 0 Å². The number of carbonyl (C=O) groups excluding carboxylic acids is 1. The fourth-order valence-electron chi connectivity index (χ4n) is 2.99. The Labute approximate surface area is 148 Å². The molecule has 12 heteroatoms. The molecule has 2 fully saturated rings. The molecule has 1 amide bonds. The van der Waals surface area contributed by atoms with E-state index < -0.39 is 74.0 Å². The van der Waals surface area contributed by atoms with Crippen molar-refractivity contribution in [3.8, 4) is 0 Å². The van der Waals surface area contributed by atoms with Gasteiger partial charge in [0.25, 0.3) is 0 Å². The van der Waals surface area contributed by atoms with Crippen LogP contribution in [0.25, 0.3) is 0 Å². The maximum Gasteiger partial charge on any atom is 0.242 e. The van der Waals surface area contributed by atoms with Gasteiger partial charge in [0, 0.05) is 13.3 Å². The lowest BCUT2D eigenvalue weighted by Gasteiger charge is -2.48. The lowest BCUT2D eigenvalue weighted by molar-refractivity contribution is -0.376. The zero-order chi connectivity index (χ0) is 19.6. The van der Waals surface area contributed by atoms with Gasteiger partial charge >= 0.3 is 0 Å². The number of rotatable bonds is 5. The molecule has 26 heavy (non-hydrogen) atoms. The molecule has 0 spiro atoms. The molecule has 0 aromatic heterocycles. The minimum Gasteiger partial charge on any atom is -0.394 e. The highest BCUT2D eigenvalue weighted by Gasteiger charge is 2.57. The number of hydrogen-bond donors (Lipinski definition) is 7. The summed E-state index contributed by atoms with van der Waals surface area (Å²) in [6.07, 6.45) is -12.5. The van der Waals surface area contributed by atoms with Gasteiger partial charge in [-0.15, -0.1) is 0 Å². The van der Waals surface area contributed by atoms with Gasteiger partial charge in [-0.3, -0.25) is 4.79 Å². The van der Waals surface area contributed by atoms with Crippen molar-refractivity contribution in [2.75, 3.05) is 13.2 Å². The molecule has 151 valence electrons. The van der Waals surface area contributed by atoms with Gasteiger partial charge < -0.3 is 50.2 Å². The molecule has 0 bridgehead atoms. The van der Waals surface area contributed by atoms with E-state index in [2.05, 4.69) is 0 Å². The predicted octanol–water partition coefficient (Wildman–Crippen LogP) is -4.47. The normalized spacial score (nSPS) is 46.8. The third kappa shape index (κ3) is 4.14. The van der Waals surface area contributed by atoms with Crippen LogP contribution in [0.5, 0.6) is 0 Å². The Morgan fingerprint density at radius 1 is 1.19 bits per heavy atom. The largest absolute Gasteiger partial charge is 0.394 e. The van der Waals surface area contributed by atoms with Crippen molar-refractivity contribution in [3.05, 3.63) is 0 Å². The second-order valence-electron chi connectivity index (χ2n) is 6.32. The van der Waals surface area contributed by atoms with Crippen LogP contribution in [0.15, 0.2) is 0 Å². The number of hydrogen-bond acceptors (Lipinski definition) is 10. The van der Waals surface area contributed by atoms with Crippen molar-refractivity contribution in [2.45, 2.75) is 68.3 Å². The molecule has 12 nitrogen and oxygen atoms in total. The van der Waals surface area contributed by atoms with E-state index in [1.54, 1.807) is 0 Å². The molecular formula is C14H24NO11. The maximum atomic E-state index is 12.0. The van der Waals surface area contributed by atoms with Crippen molar-refractivity contribution < 1.29 is 54.8 Å². The topological polar surface area (TPSA) is 198 Å². The smallest absolute Gasteiger partial charge is 0.242 e. The Morgan fingerprint density at radius 2 is 1.81 bits per heavy atom. The molecule has 1 radical (unpaired) electrons. The minimum atomic E-state index is -2.73. The Balaban J connectivity index is 2.18. The van der Waals surface area contributed by atoms with Crippen LogP contribution in [0.4, 0.5) is 0 Å². The monoisotopic (exact) mass is 382 g/mol. The minimum absolute atomic E-state index is 0.252. The lowest BCUT2D eigenvalue weighted by Crippen LogP contribution is -2.73. The van der Waals surface area contributed by atoms with Gasteiger partial charge in [-0.25, -0.2) is 0 Å². The number of carbonyl (C=O) groups is 1. The second kappa shape index (κ2) is 8.39. The van der Waals surface area contributed by atoms with Gasteiger partial charge in [-0.05, 0) is 0 Å². The Bertz CT molecular complexity index is 494. The van der Waals surface area contributed by atoms with Gasteiger partial charge in [0.2, 0.25) is 17.9 Å². The molecule has 0 aromatic carbocycles. The highest BCUT2D eigenvalue weighted by molar-refractivity contribution is 5.73. The first-order valence-corrected chi connectivity index (χ1v) is 8.03. The van der Waals surface area contributed by atoms with Crippen LogP contribution in [-0.2, 0) is 24.1 Å². The molecule has 0 saturated carbocycles. The van der Waals surface area contributed by atoms with Crippen molar-refractivity contribution in [3.63, 3.8) is 0 Å². The summed E-state index contributed by atoms with van der Waals surface area (Å²) in [5.74, 6) is -0.815. The van der Waals surface area contributed by atoms with Crippen LogP contribution in [0.1, 0.15) is 13.3 Å². The van der Waals surface area contributed by atoms with Gasteiger partial charge in [-0.2, -0.15) is 5.11 Å². The predicted molar refractivity (Wildman–Crippen MR) is 78.5 cm³/mol. The second-order valence-corrected chi connectivity index (χ2v) is 6.32. The zero-order valence-corrected chi connectivity index (χ0v) is 14.0. The van der Waals surface area contributed by atoms with E-state index in [4.69, 9.17) is 14.2 Å². The molecule has 0 aromatic rings. The van der Waals surface area contributed by atoms with Crippen molar-refractivity contribution in [1.82, 2.24) is 5.32 Å². The van der Waals surface area contributed by atoms with Crippen LogP contribution in [0.2, 0.25) is 0 Å². The molecule has 2 aliphatic rings. The highest BCUT2D eigenvalue weighted by atomic mass is 16.7. The zero-order valence-electron chi connectivity index (χ0n) is 14.0. The van der Waals surface area contributed by atoms with Crippen LogP contribution >= 0.6 is 0 Å². The highest BCUT2D eigenvalue weighted by Crippen LogP contribution is 2.32. The summed E-state index contributed by atoms with van der Waals surface area (Å²) in [7, 11) is 0. The van der Waals surface area contributed by atoms with E-state index in [0.29, 0.717) is 0 Å².